The molecule has 0 saturated carbocycles. The number of rotatable bonds is 2. The molecule has 3 nitrogen and oxygen atoms in total. The van der Waals surface area contributed by atoms with Crippen LogP contribution in [0.5, 0.6) is 0 Å². The first kappa shape index (κ1) is 11.5. The van der Waals surface area contributed by atoms with Crippen molar-refractivity contribution < 1.29 is 0 Å². The van der Waals surface area contributed by atoms with E-state index < -0.39 is 0 Å². The molecule has 0 bridgehead atoms. The SMILES string of the molecule is Cc1ccc(-c2cnn(-c3ccc(N)cc3)c2)cc1. The van der Waals surface area contributed by atoms with E-state index in [1.807, 2.05) is 41.3 Å². The van der Waals surface area contributed by atoms with Gasteiger partial charge in [-0.05, 0) is 36.8 Å². The van der Waals surface area contributed by atoms with Crippen LogP contribution in [0.3, 0.4) is 0 Å². The summed E-state index contributed by atoms with van der Waals surface area (Å²) in [5.41, 5.74) is 11.0. The summed E-state index contributed by atoms with van der Waals surface area (Å²) in [6.07, 6.45) is 3.90. The summed E-state index contributed by atoms with van der Waals surface area (Å²) in [4.78, 5) is 0. The summed E-state index contributed by atoms with van der Waals surface area (Å²) in [6.45, 7) is 2.08. The number of benzene rings is 2. The van der Waals surface area contributed by atoms with Crippen LogP contribution in [0, 0.1) is 6.92 Å². The molecule has 19 heavy (non-hydrogen) atoms. The average Bonchev–Trinajstić information content (AvgIpc) is 2.90. The Hall–Kier alpha value is -2.55. The maximum Gasteiger partial charge on any atom is 0.0647 e. The Kier molecular flexibility index (Phi) is 2.80. The highest BCUT2D eigenvalue weighted by Gasteiger charge is 2.03. The summed E-state index contributed by atoms with van der Waals surface area (Å²) >= 11 is 0. The number of hydrogen-bond acceptors (Lipinski definition) is 2. The van der Waals surface area contributed by atoms with Crippen molar-refractivity contribution >= 4 is 5.69 Å². The van der Waals surface area contributed by atoms with Crippen LogP contribution < -0.4 is 5.73 Å². The van der Waals surface area contributed by atoms with Gasteiger partial charge < -0.3 is 5.73 Å². The highest BCUT2D eigenvalue weighted by molar-refractivity contribution is 5.62. The second-order valence-electron chi connectivity index (χ2n) is 4.63. The minimum absolute atomic E-state index is 0.759. The molecule has 0 amide bonds. The van der Waals surface area contributed by atoms with Crippen LogP contribution in [0.15, 0.2) is 60.9 Å². The molecule has 0 spiro atoms. The minimum Gasteiger partial charge on any atom is -0.399 e. The molecule has 3 rings (SSSR count). The second kappa shape index (κ2) is 4.61. The van der Waals surface area contributed by atoms with Gasteiger partial charge in [0.2, 0.25) is 0 Å². The minimum atomic E-state index is 0.759. The summed E-state index contributed by atoms with van der Waals surface area (Å²) in [5, 5.41) is 4.39. The van der Waals surface area contributed by atoms with E-state index in [9.17, 15) is 0 Å². The standard InChI is InChI=1S/C16H15N3/c1-12-2-4-13(5-3-12)14-10-18-19(11-14)16-8-6-15(17)7-9-16/h2-11H,17H2,1H3. The summed E-state index contributed by atoms with van der Waals surface area (Å²) < 4.78 is 1.86. The first-order valence-corrected chi connectivity index (χ1v) is 6.20. The average molecular weight is 249 g/mol. The van der Waals surface area contributed by atoms with Crippen LogP contribution >= 0.6 is 0 Å². The van der Waals surface area contributed by atoms with E-state index >= 15 is 0 Å². The van der Waals surface area contributed by atoms with Gasteiger partial charge in [-0.3, -0.25) is 0 Å². The molecule has 2 N–H and O–H groups in total. The van der Waals surface area contributed by atoms with Gasteiger partial charge in [0.25, 0.3) is 0 Å². The molecule has 0 aliphatic heterocycles. The Balaban J connectivity index is 1.95. The number of anilines is 1. The number of aryl methyl sites for hydroxylation is 1. The predicted octanol–water partition coefficient (Wildman–Crippen LogP) is 3.43. The van der Waals surface area contributed by atoms with Gasteiger partial charge >= 0.3 is 0 Å². The smallest absolute Gasteiger partial charge is 0.0647 e. The first-order chi connectivity index (χ1) is 9.22. The third-order valence-electron chi connectivity index (χ3n) is 3.13. The zero-order chi connectivity index (χ0) is 13.2. The Morgan fingerprint density at radius 3 is 2.26 bits per heavy atom. The number of aromatic nitrogens is 2. The zero-order valence-corrected chi connectivity index (χ0v) is 10.7. The molecule has 1 heterocycles. The molecule has 0 saturated heterocycles. The normalized spacial score (nSPS) is 10.6. The van der Waals surface area contributed by atoms with Gasteiger partial charge in [0.05, 0.1) is 11.9 Å². The van der Waals surface area contributed by atoms with Crippen molar-refractivity contribution in [3.05, 3.63) is 66.5 Å². The quantitative estimate of drug-likeness (QED) is 0.707. The highest BCUT2D eigenvalue weighted by Crippen LogP contribution is 2.20. The Labute approximate surface area is 112 Å². The van der Waals surface area contributed by atoms with E-state index in [0.29, 0.717) is 0 Å². The van der Waals surface area contributed by atoms with E-state index in [-0.39, 0.29) is 0 Å². The molecule has 94 valence electrons. The molecular formula is C16H15N3. The summed E-state index contributed by atoms with van der Waals surface area (Å²) in [5.74, 6) is 0. The van der Waals surface area contributed by atoms with Gasteiger partial charge in [-0.1, -0.05) is 29.8 Å². The molecule has 1 aromatic heterocycles. The van der Waals surface area contributed by atoms with Crippen molar-refractivity contribution in [1.82, 2.24) is 9.78 Å². The van der Waals surface area contributed by atoms with Crippen LogP contribution in [0.4, 0.5) is 5.69 Å². The molecule has 0 unspecified atom stereocenters. The summed E-state index contributed by atoms with van der Waals surface area (Å²) in [7, 11) is 0. The van der Waals surface area contributed by atoms with Crippen LogP contribution in [-0.4, -0.2) is 9.78 Å². The topological polar surface area (TPSA) is 43.8 Å². The Bertz CT molecular complexity index is 619. The largest absolute Gasteiger partial charge is 0.399 e. The van der Waals surface area contributed by atoms with Gasteiger partial charge in [-0.15, -0.1) is 0 Å². The van der Waals surface area contributed by atoms with E-state index in [0.717, 1.165) is 16.9 Å². The van der Waals surface area contributed by atoms with Crippen LogP contribution in [0.1, 0.15) is 5.56 Å². The van der Waals surface area contributed by atoms with Crippen molar-refractivity contribution in [2.24, 2.45) is 0 Å². The van der Waals surface area contributed by atoms with E-state index in [1.54, 1.807) is 0 Å². The Morgan fingerprint density at radius 1 is 0.895 bits per heavy atom. The van der Waals surface area contributed by atoms with Crippen molar-refractivity contribution in [2.75, 3.05) is 5.73 Å². The van der Waals surface area contributed by atoms with Crippen LogP contribution in [0.2, 0.25) is 0 Å². The molecule has 0 aliphatic rings. The van der Waals surface area contributed by atoms with Crippen molar-refractivity contribution in [3.8, 4) is 16.8 Å². The number of hydrogen-bond donors (Lipinski definition) is 1. The fourth-order valence-corrected chi connectivity index (χ4v) is 1.99. The lowest BCUT2D eigenvalue weighted by molar-refractivity contribution is 0.881. The molecular weight excluding hydrogens is 234 g/mol. The van der Waals surface area contributed by atoms with Crippen molar-refractivity contribution in [2.45, 2.75) is 6.92 Å². The lowest BCUT2D eigenvalue weighted by Gasteiger charge is -2.01. The van der Waals surface area contributed by atoms with E-state index in [2.05, 4.69) is 36.3 Å². The Morgan fingerprint density at radius 2 is 1.58 bits per heavy atom. The number of nitrogens with two attached hydrogens (primary N) is 1. The molecule has 2 aromatic carbocycles. The van der Waals surface area contributed by atoms with Crippen molar-refractivity contribution in [1.29, 1.82) is 0 Å². The molecule has 0 atom stereocenters. The fraction of sp³-hybridized carbons (Fsp3) is 0.0625. The van der Waals surface area contributed by atoms with Gasteiger partial charge in [0.15, 0.2) is 0 Å². The highest BCUT2D eigenvalue weighted by atomic mass is 15.3. The third-order valence-corrected chi connectivity index (χ3v) is 3.13. The first-order valence-electron chi connectivity index (χ1n) is 6.20. The van der Waals surface area contributed by atoms with E-state index in [4.69, 9.17) is 5.73 Å². The fourth-order valence-electron chi connectivity index (χ4n) is 1.99. The van der Waals surface area contributed by atoms with Crippen LogP contribution in [-0.2, 0) is 0 Å². The second-order valence-corrected chi connectivity index (χ2v) is 4.63. The molecule has 0 aliphatic carbocycles. The lowest BCUT2D eigenvalue weighted by atomic mass is 10.1. The number of nitrogen functional groups attached to an aromatic ring is 1. The lowest BCUT2D eigenvalue weighted by Crippen LogP contribution is -1.94. The van der Waals surface area contributed by atoms with E-state index in [1.165, 1.54) is 11.1 Å². The zero-order valence-electron chi connectivity index (χ0n) is 10.7. The molecule has 0 radical (unpaired) electrons. The van der Waals surface area contributed by atoms with Crippen LogP contribution in [0.25, 0.3) is 16.8 Å². The van der Waals surface area contributed by atoms with Crippen molar-refractivity contribution in [3.63, 3.8) is 0 Å². The monoisotopic (exact) mass is 249 g/mol. The molecule has 0 fully saturated rings. The maximum atomic E-state index is 5.69. The third kappa shape index (κ3) is 2.36. The van der Waals surface area contributed by atoms with Gasteiger partial charge in [0.1, 0.15) is 0 Å². The predicted molar refractivity (Wildman–Crippen MR) is 78.1 cm³/mol. The van der Waals surface area contributed by atoms with Gasteiger partial charge in [-0.2, -0.15) is 5.10 Å². The van der Waals surface area contributed by atoms with Gasteiger partial charge in [0, 0.05) is 17.4 Å². The van der Waals surface area contributed by atoms with Gasteiger partial charge in [-0.25, -0.2) is 4.68 Å². The number of nitrogens with zero attached hydrogens (tertiary/aromatic N) is 2. The summed E-state index contributed by atoms with van der Waals surface area (Å²) in [6, 6.07) is 16.1. The maximum absolute atomic E-state index is 5.69. The molecule has 3 aromatic rings. The molecule has 3 heteroatoms.